The molecule has 1 atom stereocenters. The number of carbonyl (C=O) groups is 1. The number of halogens is 1. The number of hydrogen-bond acceptors (Lipinski definition) is 4. The molecular weight excluding hydrogens is 276 g/mol. The Morgan fingerprint density at radius 1 is 1.33 bits per heavy atom. The highest BCUT2D eigenvalue weighted by atomic mass is 35.5. The lowest BCUT2D eigenvalue weighted by atomic mass is 10.2. The van der Waals surface area contributed by atoms with Crippen LogP contribution in [0.15, 0.2) is 29.2 Å². The van der Waals surface area contributed by atoms with Crippen molar-refractivity contribution >= 4 is 28.2 Å². The summed E-state index contributed by atoms with van der Waals surface area (Å²) in [6.07, 6.45) is 1.12. The largest absolute Gasteiger partial charge is 0.348 e. The predicted molar refractivity (Wildman–Crippen MR) is 72.8 cm³/mol. The second-order valence-corrected chi connectivity index (χ2v) is 5.92. The minimum atomic E-state index is -3.22. The fourth-order valence-electron chi connectivity index (χ4n) is 1.22. The second-order valence-electron chi connectivity index (χ2n) is 3.91. The summed E-state index contributed by atoms with van der Waals surface area (Å²) in [6.45, 7) is 2.15. The van der Waals surface area contributed by atoms with E-state index in [0.717, 1.165) is 6.26 Å². The Morgan fingerprint density at radius 3 is 2.22 bits per heavy atom. The van der Waals surface area contributed by atoms with Gasteiger partial charge in [-0.15, -0.1) is 12.4 Å². The van der Waals surface area contributed by atoms with E-state index in [0.29, 0.717) is 12.1 Å². The van der Waals surface area contributed by atoms with E-state index in [4.69, 9.17) is 5.73 Å². The highest BCUT2D eigenvalue weighted by molar-refractivity contribution is 7.90. The van der Waals surface area contributed by atoms with Crippen LogP contribution in [-0.4, -0.2) is 33.2 Å². The average molecular weight is 293 g/mol. The molecule has 0 aliphatic heterocycles. The third-order valence-corrected chi connectivity index (χ3v) is 3.40. The van der Waals surface area contributed by atoms with Crippen molar-refractivity contribution in [1.29, 1.82) is 0 Å². The highest BCUT2D eigenvalue weighted by Crippen LogP contribution is 2.10. The van der Waals surface area contributed by atoms with Gasteiger partial charge in [-0.2, -0.15) is 0 Å². The van der Waals surface area contributed by atoms with Gasteiger partial charge in [0.25, 0.3) is 5.91 Å². The summed E-state index contributed by atoms with van der Waals surface area (Å²) < 4.78 is 22.4. The molecule has 0 spiro atoms. The third kappa shape index (κ3) is 4.64. The van der Waals surface area contributed by atoms with E-state index < -0.39 is 9.84 Å². The van der Waals surface area contributed by atoms with Crippen molar-refractivity contribution in [1.82, 2.24) is 5.32 Å². The normalized spacial score (nSPS) is 12.4. The fraction of sp³-hybridized carbons (Fsp3) is 0.364. The van der Waals surface area contributed by atoms with E-state index >= 15 is 0 Å². The molecule has 0 unspecified atom stereocenters. The average Bonchev–Trinajstić information content (AvgIpc) is 2.27. The molecule has 7 heteroatoms. The number of carbonyl (C=O) groups excluding carboxylic acids is 1. The molecule has 0 aliphatic carbocycles. The van der Waals surface area contributed by atoms with Crippen LogP contribution in [0.3, 0.4) is 0 Å². The van der Waals surface area contributed by atoms with Gasteiger partial charge in [0.15, 0.2) is 9.84 Å². The Morgan fingerprint density at radius 2 is 1.83 bits per heavy atom. The molecule has 0 fully saturated rings. The number of nitrogens with two attached hydrogens (primary N) is 1. The molecule has 0 radical (unpaired) electrons. The Kier molecular flexibility index (Phi) is 6.31. The fourth-order valence-corrected chi connectivity index (χ4v) is 1.85. The van der Waals surface area contributed by atoms with E-state index in [2.05, 4.69) is 5.32 Å². The van der Waals surface area contributed by atoms with Gasteiger partial charge >= 0.3 is 0 Å². The zero-order chi connectivity index (χ0) is 13.1. The minimum absolute atomic E-state index is 0. The lowest BCUT2D eigenvalue weighted by Gasteiger charge is -2.11. The number of rotatable bonds is 4. The molecule has 0 saturated carbocycles. The molecule has 0 aliphatic rings. The summed E-state index contributed by atoms with van der Waals surface area (Å²) in [7, 11) is -3.22. The third-order valence-electron chi connectivity index (χ3n) is 2.28. The maximum atomic E-state index is 11.7. The van der Waals surface area contributed by atoms with Crippen LogP contribution in [0.2, 0.25) is 0 Å². The van der Waals surface area contributed by atoms with Crippen LogP contribution >= 0.6 is 12.4 Å². The van der Waals surface area contributed by atoms with Crippen LogP contribution in [0.1, 0.15) is 17.3 Å². The molecule has 1 aromatic rings. The Bertz CT molecular complexity index is 500. The maximum Gasteiger partial charge on any atom is 0.251 e. The number of amides is 1. The van der Waals surface area contributed by atoms with E-state index in [1.807, 2.05) is 0 Å². The molecule has 0 saturated heterocycles. The first-order valence-electron chi connectivity index (χ1n) is 5.15. The van der Waals surface area contributed by atoms with Gasteiger partial charge in [-0.3, -0.25) is 4.79 Å². The van der Waals surface area contributed by atoms with Crippen LogP contribution in [-0.2, 0) is 9.84 Å². The lowest BCUT2D eigenvalue weighted by molar-refractivity contribution is 0.0941. The van der Waals surface area contributed by atoms with Crippen molar-refractivity contribution in [3.8, 4) is 0 Å². The molecule has 18 heavy (non-hydrogen) atoms. The maximum absolute atomic E-state index is 11.7. The van der Waals surface area contributed by atoms with E-state index in [-0.39, 0.29) is 29.3 Å². The second kappa shape index (κ2) is 6.72. The summed E-state index contributed by atoms with van der Waals surface area (Å²) >= 11 is 0. The minimum Gasteiger partial charge on any atom is -0.348 e. The zero-order valence-electron chi connectivity index (χ0n) is 10.2. The monoisotopic (exact) mass is 292 g/mol. The number of hydrogen-bond donors (Lipinski definition) is 2. The van der Waals surface area contributed by atoms with Crippen LogP contribution in [0.5, 0.6) is 0 Å². The zero-order valence-corrected chi connectivity index (χ0v) is 11.8. The summed E-state index contributed by atoms with van der Waals surface area (Å²) in [4.78, 5) is 11.9. The number of benzene rings is 1. The van der Waals surface area contributed by atoms with E-state index in [1.54, 1.807) is 6.92 Å². The number of sulfone groups is 1. The summed E-state index contributed by atoms with van der Waals surface area (Å²) in [6, 6.07) is 5.68. The van der Waals surface area contributed by atoms with Crippen LogP contribution in [0.4, 0.5) is 0 Å². The summed E-state index contributed by atoms with van der Waals surface area (Å²) in [5.74, 6) is -0.261. The molecule has 0 aromatic heterocycles. The van der Waals surface area contributed by atoms with Gasteiger partial charge in [0.05, 0.1) is 4.90 Å². The quantitative estimate of drug-likeness (QED) is 0.850. The number of nitrogens with one attached hydrogen (secondary N) is 1. The van der Waals surface area contributed by atoms with Crippen molar-refractivity contribution in [3.63, 3.8) is 0 Å². The van der Waals surface area contributed by atoms with Gasteiger partial charge < -0.3 is 11.1 Å². The van der Waals surface area contributed by atoms with Gasteiger partial charge in [-0.05, 0) is 31.2 Å². The van der Waals surface area contributed by atoms with Crippen molar-refractivity contribution in [2.24, 2.45) is 5.73 Å². The van der Waals surface area contributed by atoms with Gasteiger partial charge in [0.2, 0.25) is 0 Å². The molecule has 0 bridgehead atoms. The van der Waals surface area contributed by atoms with Gasteiger partial charge in [0, 0.05) is 24.4 Å². The SMILES string of the molecule is C[C@H](CN)NC(=O)c1ccc(S(C)(=O)=O)cc1.Cl. The van der Waals surface area contributed by atoms with E-state index in [1.165, 1.54) is 24.3 Å². The lowest BCUT2D eigenvalue weighted by Crippen LogP contribution is -2.37. The summed E-state index contributed by atoms with van der Waals surface area (Å²) in [5.41, 5.74) is 5.80. The first kappa shape index (κ1) is 16.9. The topological polar surface area (TPSA) is 89.3 Å². The van der Waals surface area contributed by atoms with Gasteiger partial charge in [-0.1, -0.05) is 0 Å². The molecule has 1 aromatic carbocycles. The highest BCUT2D eigenvalue weighted by Gasteiger charge is 2.11. The Labute approximate surface area is 113 Å². The standard InChI is InChI=1S/C11H16N2O3S.ClH/c1-8(7-12)13-11(14)9-3-5-10(6-4-9)17(2,15)16;/h3-6,8H,7,12H2,1-2H3,(H,13,14);1H/t8-;/m1./s1. The molecule has 0 heterocycles. The van der Waals surface area contributed by atoms with Crippen LogP contribution < -0.4 is 11.1 Å². The van der Waals surface area contributed by atoms with Crippen LogP contribution in [0, 0.1) is 0 Å². The molecule has 3 N–H and O–H groups in total. The smallest absolute Gasteiger partial charge is 0.251 e. The van der Waals surface area contributed by atoms with Crippen molar-refractivity contribution in [3.05, 3.63) is 29.8 Å². The molecule has 1 amide bonds. The van der Waals surface area contributed by atoms with Gasteiger partial charge in [0.1, 0.15) is 0 Å². The predicted octanol–water partition coefficient (Wildman–Crippen LogP) is 0.589. The van der Waals surface area contributed by atoms with Gasteiger partial charge in [-0.25, -0.2) is 8.42 Å². The van der Waals surface area contributed by atoms with Crippen molar-refractivity contribution in [2.75, 3.05) is 12.8 Å². The Balaban J connectivity index is 0.00000289. The first-order chi connectivity index (χ1) is 7.84. The molecular formula is C11H17ClN2O3S. The van der Waals surface area contributed by atoms with Crippen LogP contribution in [0.25, 0.3) is 0 Å². The first-order valence-corrected chi connectivity index (χ1v) is 7.05. The van der Waals surface area contributed by atoms with E-state index in [9.17, 15) is 13.2 Å². The summed E-state index contributed by atoms with van der Waals surface area (Å²) in [5, 5.41) is 2.69. The van der Waals surface area contributed by atoms with Crippen molar-refractivity contribution < 1.29 is 13.2 Å². The molecule has 5 nitrogen and oxygen atoms in total. The molecule has 102 valence electrons. The Hall–Kier alpha value is -1.11. The van der Waals surface area contributed by atoms with Crippen molar-refractivity contribution in [2.45, 2.75) is 17.9 Å². The molecule has 1 rings (SSSR count).